The molecule has 2 N–H and O–H groups in total. The van der Waals surface area contributed by atoms with E-state index in [0.29, 0.717) is 13.2 Å². The molecule has 0 spiro atoms. The Morgan fingerprint density at radius 3 is 2.29 bits per heavy atom. The number of ether oxygens (including phenoxy) is 1. The van der Waals surface area contributed by atoms with Crippen molar-refractivity contribution in [3.05, 3.63) is 29.8 Å². The van der Waals surface area contributed by atoms with Gasteiger partial charge in [0.05, 0.1) is 19.8 Å². The lowest BCUT2D eigenvalue weighted by Gasteiger charge is -2.29. The average molecular weight is 242 g/mol. The Bertz CT molecular complexity index is 361. The third kappa shape index (κ3) is 2.73. The molecule has 1 heterocycles. The van der Waals surface area contributed by atoms with Crippen LogP contribution in [0.15, 0.2) is 24.3 Å². The molecule has 5 heteroatoms. The topological polar surface area (TPSA) is 38.5 Å². The van der Waals surface area contributed by atoms with Gasteiger partial charge in [0.15, 0.2) is 0 Å². The van der Waals surface area contributed by atoms with Gasteiger partial charge in [-0.05, 0) is 12.1 Å². The molecule has 0 aliphatic carbocycles. The van der Waals surface area contributed by atoms with Crippen molar-refractivity contribution in [3.63, 3.8) is 0 Å². The highest BCUT2D eigenvalue weighted by molar-refractivity contribution is 5.48. The van der Waals surface area contributed by atoms with Crippen LogP contribution in [-0.4, -0.2) is 32.8 Å². The number of alkyl halides is 2. The highest BCUT2D eigenvalue weighted by Gasteiger charge is 2.29. The number of rotatable bonds is 3. The van der Waals surface area contributed by atoms with Crippen LogP contribution < -0.4 is 10.6 Å². The Morgan fingerprint density at radius 2 is 1.76 bits per heavy atom. The summed E-state index contributed by atoms with van der Waals surface area (Å²) in [7, 11) is 0. The van der Waals surface area contributed by atoms with Crippen LogP contribution in [0.4, 0.5) is 14.5 Å². The zero-order chi connectivity index (χ0) is 12.3. The first-order chi connectivity index (χ1) is 8.13. The first kappa shape index (κ1) is 12.3. The van der Waals surface area contributed by atoms with Gasteiger partial charge in [-0.2, -0.15) is 8.78 Å². The SMILES string of the molecule is NCC(F)(F)c1ccc(N2CCOCC2)cc1. The van der Waals surface area contributed by atoms with E-state index in [1.807, 2.05) is 0 Å². The summed E-state index contributed by atoms with van der Waals surface area (Å²) < 4.78 is 31.8. The molecule has 0 amide bonds. The molecule has 17 heavy (non-hydrogen) atoms. The molecule has 94 valence electrons. The lowest BCUT2D eigenvalue weighted by molar-refractivity contribution is 0.00596. The van der Waals surface area contributed by atoms with Crippen molar-refractivity contribution >= 4 is 5.69 Å². The first-order valence-corrected chi connectivity index (χ1v) is 5.64. The molecular weight excluding hydrogens is 226 g/mol. The number of hydrogen-bond donors (Lipinski definition) is 1. The monoisotopic (exact) mass is 242 g/mol. The number of nitrogens with zero attached hydrogens (tertiary/aromatic N) is 1. The number of halogens is 2. The van der Waals surface area contributed by atoms with Crippen LogP contribution in [0, 0.1) is 0 Å². The quantitative estimate of drug-likeness (QED) is 0.874. The van der Waals surface area contributed by atoms with Crippen LogP contribution in [0.5, 0.6) is 0 Å². The van der Waals surface area contributed by atoms with Gasteiger partial charge >= 0.3 is 0 Å². The van der Waals surface area contributed by atoms with E-state index in [9.17, 15) is 8.78 Å². The van der Waals surface area contributed by atoms with Crippen molar-refractivity contribution < 1.29 is 13.5 Å². The lowest BCUT2D eigenvalue weighted by Crippen LogP contribution is -2.36. The summed E-state index contributed by atoms with van der Waals surface area (Å²) in [5, 5.41) is 0. The van der Waals surface area contributed by atoms with Crippen LogP contribution >= 0.6 is 0 Å². The van der Waals surface area contributed by atoms with Crippen LogP contribution in [0.1, 0.15) is 5.56 Å². The van der Waals surface area contributed by atoms with Crippen LogP contribution in [0.3, 0.4) is 0 Å². The van der Waals surface area contributed by atoms with E-state index in [4.69, 9.17) is 10.5 Å². The lowest BCUT2D eigenvalue weighted by atomic mass is 10.1. The van der Waals surface area contributed by atoms with E-state index in [2.05, 4.69) is 4.90 Å². The fraction of sp³-hybridized carbons (Fsp3) is 0.500. The van der Waals surface area contributed by atoms with E-state index >= 15 is 0 Å². The predicted molar refractivity (Wildman–Crippen MR) is 62.4 cm³/mol. The van der Waals surface area contributed by atoms with Crippen molar-refractivity contribution in [1.29, 1.82) is 0 Å². The number of nitrogens with two attached hydrogens (primary N) is 1. The van der Waals surface area contributed by atoms with Gasteiger partial charge in [0, 0.05) is 24.3 Å². The van der Waals surface area contributed by atoms with Crippen molar-refractivity contribution in [3.8, 4) is 0 Å². The standard InChI is InChI=1S/C12H16F2N2O/c13-12(14,9-15)10-1-3-11(4-2-10)16-5-7-17-8-6-16/h1-4H,5-9,15H2. The number of benzene rings is 1. The fourth-order valence-electron chi connectivity index (χ4n) is 1.86. The molecular formula is C12H16F2N2O. The Hall–Kier alpha value is -1.20. The normalized spacial score (nSPS) is 17.2. The predicted octanol–water partition coefficient (Wildman–Crippen LogP) is 1.57. The summed E-state index contributed by atoms with van der Waals surface area (Å²) in [4.78, 5) is 2.12. The molecule has 1 fully saturated rings. The molecule has 0 radical (unpaired) electrons. The molecule has 0 atom stereocenters. The van der Waals surface area contributed by atoms with Crippen LogP contribution in [0.25, 0.3) is 0 Å². The maximum Gasteiger partial charge on any atom is 0.285 e. The van der Waals surface area contributed by atoms with Gasteiger partial charge in [-0.3, -0.25) is 0 Å². The molecule has 0 aromatic heterocycles. The molecule has 0 unspecified atom stereocenters. The first-order valence-electron chi connectivity index (χ1n) is 5.64. The zero-order valence-electron chi connectivity index (χ0n) is 9.53. The third-order valence-corrected chi connectivity index (χ3v) is 2.92. The Morgan fingerprint density at radius 1 is 1.18 bits per heavy atom. The van der Waals surface area contributed by atoms with Gasteiger partial charge in [0.2, 0.25) is 0 Å². The van der Waals surface area contributed by atoms with Gasteiger partial charge in [-0.15, -0.1) is 0 Å². The molecule has 1 aromatic carbocycles. The van der Waals surface area contributed by atoms with E-state index in [0.717, 1.165) is 18.8 Å². The highest BCUT2D eigenvalue weighted by atomic mass is 19.3. The molecule has 1 saturated heterocycles. The second-order valence-electron chi connectivity index (χ2n) is 4.05. The van der Waals surface area contributed by atoms with E-state index < -0.39 is 12.5 Å². The number of hydrogen-bond acceptors (Lipinski definition) is 3. The Balaban J connectivity index is 2.12. The molecule has 2 rings (SSSR count). The maximum absolute atomic E-state index is 13.3. The van der Waals surface area contributed by atoms with Crippen molar-refractivity contribution in [1.82, 2.24) is 0 Å². The number of anilines is 1. The summed E-state index contributed by atoms with van der Waals surface area (Å²) in [5.41, 5.74) is 5.96. The highest BCUT2D eigenvalue weighted by Crippen LogP contribution is 2.28. The van der Waals surface area contributed by atoms with E-state index in [1.54, 1.807) is 12.1 Å². The summed E-state index contributed by atoms with van der Waals surface area (Å²) in [5.74, 6) is -2.94. The molecule has 3 nitrogen and oxygen atoms in total. The summed E-state index contributed by atoms with van der Waals surface area (Å²) in [6, 6.07) is 6.31. The minimum Gasteiger partial charge on any atom is -0.378 e. The van der Waals surface area contributed by atoms with Gasteiger partial charge < -0.3 is 15.4 Å². The van der Waals surface area contributed by atoms with Crippen molar-refractivity contribution in [2.24, 2.45) is 5.73 Å². The van der Waals surface area contributed by atoms with Gasteiger partial charge in [0.1, 0.15) is 0 Å². The molecule has 1 aromatic rings. The number of morpholine rings is 1. The van der Waals surface area contributed by atoms with Gasteiger partial charge in [0.25, 0.3) is 5.92 Å². The summed E-state index contributed by atoms with van der Waals surface area (Å²) in [6.07, 6.45) is 0. The zero-order valence-corrected chi connectivity index (χ0v) is 9.53. The minimum atomic E-state index is -2.94. The third-order valence-electron chi connectivity index (χ3n) is 2.92. The Kier molecular flexibility index (Phi) is 3.59. The van der Waals surface area contributed by atoms with Crippen LogP contribution in [-0.2, 0) is 10.7 Å². The summed E-state index contributed by atoms with van der Waals surface area (Å²) >= 11 is 0. The minimum absolute atomic E-state index is 0.0305. The molecule has 0 bridgehead atoms. The second kappa shape index (κ2) is 4.98. The van der Waals surface area contributed by atoms with Gasteiger partial charge in [-0.25, -0.2) is 0 Å². The van der Waals surface area contributed by atoms with Gasteiger partial charge in [-0.1, -0.05) is 12.1 Å². The van der Waals surface area contributed by atoms with E-state index in [1.165, 1.54) is 12.1 Å². The summed E-state index contributed by atoms with van der Waals surface area (Å²) in [6.45, 7) is 2.30. The molecule has 1 aliphatic rings. The second-order valence-corrected chi connectivity index (χ2v) is 4.05. The fourth-order valence-corrected chi connectivity index (χ4v) is 1.86. The van der Waals surface area contributed by atoms with Crippen LogP contribution in [0.2, 0.25) is 0 Å². The van der Waals surface area contributed by atoms with Crippen molar-refractivity contribution in [2.75, 3.05) is 37.7 Å². The average Bonchev–Trinajstić information content (AvgIpc) is 2.40. The maximum atomic E-state index is 13.3. The Labute approximate surface area is 99.2 Å². The largest absolute Gasteiger partial charge is 0.378 e. The van der Waals surface area contributed by atoms with Crippen molar-refractivity contribution in [2.45, 2.75) is 5.92 Å². The van der Waals surface area contributed by atoms with E-state index in [-0.39, 0.29) is 5.56 Å². The molecule has 1 aliphatic heterocycles. The smallest absolute Gasteiger partial charge is 0.285 e. The molecule has 0 saturated carbocycles.